The van der Waals surface area contributed by atoms with Crippen molar-refractivity contribution in [3.63, 3.8) is 0 Å². The average Bonchev–Trinajstić information content (AvgIpc) is 2.53. The number of hydrogen-bond donors (Lipinski definition) is 1. The number of benzene rings is 1. The van der Waals surface area contributed by atoms with Crippen LogP contribution in [0.15, 0.2) is 30.0 Å². The third-order valence-corrected chi connectivity index (χ3v) is 5.55. The lowest BCUT2D eigenvalue weighted by atomic mass is 9.75. The Bertz CT molecular complexity index is 640. The maximum Gasteiger partial charge on any atom is 0.373 e. The number of allylic oxidation sites excluding steroid dienone is 1. The summed E-state index contributed by atoms with van der Waals surface area (Å²) in [7, 11) is 0. The standard InChI is InChI=1S/C20H26Cl2O3/c1-12(2)16-8-4-13(3)10-19(16)25-20(24)18(23)9-6-14-5-7-15(21)11-17(14)22/h5,7,9,11-13,16,19,23H,4,6,8,10H2,1-3H3. The van der Waals surface area contributed by atoms with Gasteiger partial charge in [0.15, 0.2) is 5.76 Å². The van der Waals surface area contributed by atoms with Crippen LogP contribution in [0.1, 0.15) is 45.6 Å². The SMILES string of the molecule is CC1CCC(C(C)C)C(OC(=O)C(O)=CCc2ccc(Cl)cc2Cl)C1. The number of carbonyl (C=O) groups is 1. The van der Waals surface area contributed by atoms with E-state index in [1.807, 2.05) is 0 Å². The van der Waals surface area contributed by atoms with E-state index in [9.17, 15) is 9.90 Å². The highest BCUT2D eigenvalue weighted by atomic mass is 35.5. The van der Waals surface area contributed by atoms with E-state index in [0.29, 0.717) is 34.2 Å². The molecule has 1 saturated carbocycles. The Balaban J connectivity index is 2.00. The van der Waals surface area contributed by atoms with Gasteiger partial charge in [-0.15, -0.1) is 0 Å². The van der Waals surface area contributed by atoms with Crippen molar-refractivity contribution in [1.29, 1.82) is 0 Å². The third kappa shape index (κ3) is 5.65. The van der Waals surface area contributed by atoms with E-state index in [-0.39, 0.29) is 11.9 Å². The number of hydrogen-bond acceptors (Lipinski definition) is 3. The number of carbonyl (C=O) groups excluding carboxylic acids is 1. The summed E-state index contributed by atoms with van der Waals surface area (Å²) in [6.45, 7) is 6.48. The Hall–Kier alpha value is -1.19. The first-order chi connectivity index (χ1) is 11.8. The summed E-state index contributed by atoms with van der Waals surface area (Å²) in [4.78, 5) is 12.3. The molecule has 3 nitrogen and oxygen atoms in total. The van der Waals surface area contributed by atoms with E-state index < -0.39 is 5.97 Å². The molecule has 138 valence electrons. The Kier molecular flexibility index (Phi) is 7.21. The molecule has 1 aromatic carbocycles. The minimum Gasteiger partial charge on any atom is -0.502 e. The Labute approximate surface area is 160 Å². The molecular formula is C20H26Cl2O3. The van der Waals surface area contributed by atoms with Crippen molar-refractivity contribution in [2.24, 2.45) is 17.8 Å². The van der Waals surface area contributed by atoms with Crippen LogP contribution in [0.25, 0.3) is 0 Å². The van der Waals surface area contributed by atoms with Crippen LogP contribution in [0.2, 0.25) is 10.0 Å². The minimum atomic E-state index is -0.658. The van der Waals surface area contributed by atoms with Crippen LogP contribution in [0.3, 0.4) is 0 Å². The molecule has 0 amide bonds. The fourth-order valence-corrected chi connectivity index (χ4v) is 3.91. The van der Waals surface area contributed by atoms with E-state index in [1.165, 1.54) is 6.08 Å². The summed E-state index contributed by atoms with van der Waals surface area (Å²) in [6, 6.07) is 5.14. The summed E-state index contributed by atoms with van der Waals surface area (Å²) in [5.74, 6) is 0.302. The maximum atomic E-state index is 12.3. The van der Waals surface area contributed by atoms with Crippen molar-refractivity contribution in [3.8, 4) is 0 Å². The molecule has 1 N–H and O–H groups in total. The average molecular weight is 385 g/mol. The summed E-state index contributed by atoms with van der Waals surface area (Å²) >= 11 is 12.0. The molecule has 0 aromatic heterocycles. The first-order valence-corrected chi connectivity index (χ1v) is 9.57. The number of halogens is 2. The van der Waals surface area contributed by atoms with E-state index in [1.54, 1.807) is 18.2 Å². The first kappa shape index (κ1) is 20.1. The van der Waals surface area contributed by atoms with Gasteiger partial charge in [0, 0.05) is 10.0 Å². The van der Waals surface area contributed by atoms with Crippen molar-refractivity contribution < 1.29 is 14.6 Å². The number of rotatable bonds is 5. The molecule has 0 saturated heterocycles. The van der Waals surface area contributed by atoms with E-state index >= 15 is 0 Å². The van der Waals surface area contributed by atoms with Gasteiger partial charge in [0.1, 0.15) is 6.10 Å². The predicted octanol–water partition coefficient (Wildman–Crippen LogP) is 5.98. The van der Waals surface area contributed by atoms with Crippen molar-refractivity contribution in [1.82, 2.24) is 0 Å². The molecule has 3 unspecified atom stereocenters. The maximum absolute atomic E-state index is 12.3. The summed E-state index contributed by atoms with van der Waals surface area (Å²) in [6.07, 6.45) is 4.71. The van der Waals surface area contributed by atoms with Gasteiger partial charge >= 0.3 is 5.97 Å². The van der Waals surface area contributed by atoms with Crippen LogP contribution >= 0.6 is 23.2 Å². The second-order valence-electron chi connectivity index (χ2n) is 7.30. The lowest BCUT2D eigenvalue weighted by Crippen LogP contribution is -2.36. The van der Waals surface area contributed by atoms with Gasteiger partial charge < -0.3 is 9.84 Å². The fourth-order valence-electron chi connectivity index (χ4n) is 3.43. The molecule has 1 aliphatic carbocycles. The molecule has 0 spiro atoms. The molecule has 25 heavy (non-hydrogen) atoms. The summed E-state index contributed by atoms with van der Waals surface area (Å²) < 4.78 is 5.62. The molecule has 0 bridgehead atoms. The zero-order valence-corrected chi connectivity index (χ0v) is 16.5. The van der Waals surface area contributed by atoms with E-state index in [0.717, 1.165) is 24.8 Å². The highest BCUT2D eigenvalue weighted by Crippen LogP contribution is 2.35. The van der Waals surface area contributed by atoms with Crippen molar-refractivity contribution >= 4 is 29.2 Å². The Morgan fingerprint density at radius 3 is 2.72 bits per heavy atom. The van der Waals surface area contributed by atoms with Gasteiger partial charge in [0.25, 0.3) is 0 Å². The highest BCUT2D eigenvalue weighted by Gasteiger charge is 2.33. The van der Waals surface area contributed by atoms with Crippen LogP contribution in [-0.2, 0) is 16.0 Å². The molecule has 5 heteroatoms. The molecule has 1 aliphatic rings. The molecule has 1 fully saturated rings. The number of aliphatic hydroxyl groups is 1. The molecule has 0 heterocycles. The Morgan fingerprint density at radius 1 is 1.36 bits per heavy atom. The second-order valence-corrected chi connectivity index (χ2v) is 8.14. The third-order valence-electron chi connectivity index (χ3n) is 4.96. The smallest absolute Gasteiger partial charge is 0.373 e. The van der Waals surface area contributed by atoms with E-state index in [4.69, 9.17) is 27.9 Å². The van der Waals surface area contributed by atoms with Crippen LogP contribution in [-0.4, -0.2) is 17.2 Å². The van der Waals surface area contributed by atoms with Crippen LogP contribution in [0, 0.1) is 17.8 Å². The molecule has 3 atom stereocenters. The molecule has 0 radical (unpaired) electrons. The van der Waals surface area contributed by atoms with Crippen LogP contribution in [0.4, 0.5) is 0 Å². The van der Waals surface area contributed by atoms with Gasteiger partial charge in [-0.3, -0.25) is 0 Å². The zero-order valence-electron chi connectivity index (χ0n) is 15.0. The van der Waals surface area contributed by atoms with Crippen LogP contribution < -0.4 is 0 Å². The predicted molar refractivity (Wildman–Crippen MR) is 102 cm³/mol. The fraction of sp³-hybridized carbons (Fsp3) is 0.550. The second kappa shape index (κ2) is 8.95. The lowest BCUT2D eigenvalue weighted by molar-refractivity contribution is -0.154. The normalized spacial score (nSPS) is 24.4. The van der Waals surface area contributed by atoms with Gasteiger partial charge in [-0.05, 0) is 60.8 Å². The van der Waals surface area contributed by atoms with E-state index in [2.05, 4.69) is 20.8 Å². The van der Waals surface area contributed by atoms with Crippen molar-refractivity contribution in [2.75, 3.05) is 0 Å². The quantitative estimate of drug-likeness (QED) is 0.385. The zero-order chi connectivity index (χ0) is 18.6. The topological polar surface area (TPSA) is 46.5 Å². The molecule has 1 aromatic rings. The van der Waals surface area contributed by atoms with Gasteiger partial charge in [0.05, 0.1) is 0 Å². The number of esters is 1. The van der Waals surface area contributed by atoms with Crippen LogP contribution in [0.5, 0.6) is 0 Å². The molecule has 2 rings (SSSR count). The molecule has 0 aliphatic heterocycles. The first-order valence-electron chi connectivity index (χ1n) is 8.82. The minimum absolute atomic E-state index is 0.133. The highest BCUT2D eigenvalue weighted by molar-refractivity contribution is 6.35. The van der Waals surface area contributed by atoms with Gasteiger partial charge in [-0.25, -0.2) is 4.79 Å². The number of aliphatic hydroxyl groups excluding tert-OH is 1. The summed E-state index contributed by atoms with van der Waals surface area (Å²) in [5.41, 5.74) is 0.789. The van der Waals surface area contributed by atoms with Crippen molar-refractivity contribution in [3.05, 3.63) is 45.6 Å². The Morgan fingerprint density at radius 2 is 2.08 bits per heavy atom. The molecular weight excluding hydrogens is 359 g/mol. The summed E-state index contributed by atoms with van der Waals surface area (Å²) in [5, 5.41) is 11.1. The largest absolute Gasteiger partial charge is 0.502 e. The number of ether oxygens (including phenoxy) is 1. The van der Waals surface area contributed by atoms with Crippen molar-refractivity contribution in [2.45, 2.75) is 52.6 Å². The van der Waals surface area contributed by atoms with Gasteiger partial charge in [0.2, 0.25) is 0 Å². The van der Waals surface area contributed by atoms with Gasteiger partial charge in [-0.1, -0.05) is 56.5 Å². The lowest BCUT2D eigenvalue weighted by Gasteiger charge is -2.36. The monoisotopic (exact) mass is 384 g/mol. The van der Waals surface area contributed by atoms with Gasteiger partial charge in [-0.2, -0.15) is 0 Å².